The predicted molar refractivity (Wildman–Crippen MR) is 105 cm³/mol. The highest BCUT2D eigenvalue weighted by atomic mass is 19.3. The Hall–Kier alpha value is -2.44. The molecule has 2 aliphatic rings. The number of ether oxygens (including phenoxy) is 1. The molecule has 4 rings (SSSR count). The van der Waals surface area contributed by atoms with Gasteiger partial charge in [-0.15, -0.1) is 0 Å². The van der Waals surface area contributed by atoms with Crippen LogP contribution in [0.4, 0.5) is 13.6 Å². The fourth-order valence-corrected chi connectivity index (χ4v) is 4.61. The van der Waals surface area contributed by atoms with Gasteiger partial charge < -0.3 is 9.64 Å². The second-order valence-corrected chi connectivity index (χ2v) is 9.40. The molecule has 0 N–H and O–H groups in total. The smallest absolute Gasteiger partial charge is 0.410 e. The van der Waals surface area contributed by atoms with Crippen LogP contribution >= 0.6 is 0 Å². The summed E-state index contributed by atoms with van der Waals surface area (Å²) in [4.78, 5) is 14.5. The summed E-state index contributed by atoms with van der Waals surface area (Å²) in [6, 6.07) is 9.35. The van der Waals surface area contributed by atoms with Crippen LogP contribution in [0.3, 0.4) is 0 Å². The minimum absolute atomic E-state index is 0.0932. The number of likely N-dealkylation sites (tertiary alicyclic amines) is 1. The van der Waals surface area contributed by atoms with Crippen LogP contribution in [-0.4, -0.2) is 38.8 Å². The topological polar surface area (TPSA) is 47.4 Å². The first kappa shape index (κ1) is 19.9. The van der Waals surface area contributed by atoms with Crippen molar-refractivity contribution in [3.8, 4) is 5.69 Å². The molecule has 1 aliphatic carbocycles. The molecule has 1 spiro atoms. The first-order chi connectivity index (χ1) is 13.6. The molecule has 156 valence electrons. The van der Waals surface area contributed by atoms with E-state index in [9.17, 15) is 13.6 Å². The summed E-state index contributed by atoms with van der Waals surface area (Å²) in [5.41, 5.74) is 0.835. The van der Waals surface area contributed by atoms with Gasteiger partial charge in [0.15, 0.2) is 0 Å². The van der Waals surface area contributed by atoms with Gasteiger partial charge in [-0.1, -0.05) is 12.1 Å². The third-order valence-electron chi connectivity index (χ3n) is 5.83. The normalized spacial score (nSPS) is 22.9. The van der Waals surface area contributed by atoms with Gasteiger partial charge in [0.25, 0.3) is 0 Å². The fourth-order valence-electron chi connectivity index (χ4n) is 4.61. The van der Waals surface area contributed by atoms with Crippen molar-refractivity contribution in [2.24, 2.45) is 5.41 Å². The van der Waals surface area contributed by atoms with Crippen LogP contribution in [0.2, 0.25) is 0 Å². The van der Waals surface area contributed by atoms with Crippen LogP contribution in [0.5, 0.6) is 0 Å². The van der Waals surface area contributed by atoms with Gasteiger partial charge in [0.05, 0.1) is 11.7 Å². The molecule has 2 aromatic rings. The van der Waals surface area contributed by atoms with E-state index in [4.69, 9.17) is 4.74 Å². The maximum atomic E-state index is 13.7. The monoisotopic (exact) mass is 403 g/mol. The number of alkyl halides is 2. The highest BCUT2D eigenvalue weighted by molar-refractivity contribution is 5.69. The van der Waals surface area contributed by atoms with Crippen LogP contribution in [0.1, 0.15) is 58.1 Å². The van der Waals surface area contributed by atoms with Gasteiger partial charge >= 0.3 is 6.09 Å². The first-order valence-electron chi connectivity index (χ1n) is 10.0. The van der Waals surface area contributed by atoms with E-state index in [2.05, 4.69) is 5.10 Å². The number of hydrogen-bond acceptors (Lipinski definition) is 3. The van der Waals surface area contributed by atoms with Gasteiger partial charge in [0, 0.05) is 31.8 Å². The van der Waals surface area contributed by atoms with Crippen molar-refractivity contribution in [3.05, 3.63) is 48.3 Å². The molecule has 0 bridgehead atoms. The van der Waals surface area contributed by atoms with Gasteiger partial charge in [0.2, 0.25) is 5.92 Å². The van der Waals surface area contributed by atoms with Crippen molar-refractivity contribution in [2.75, 3.05) is 6.54 Å². The Morgan fingerprint density at radius 2 is 1.90 bits per heavy atom. The number of halogens is 2. The van der Waals surface area contributed by atoms with Gasteiger partial charge in [-0.25, -0.2) is 18.3 Å². The molecule has 2 heterocycles. The second kappa shape index (κ2) is 6.82. The Morgan fingerprint density at radius 3 is 2.45 bits per heavy atom. The van der Waals surface area contributed by atoms with Crippen LogP contribution in [0, 0.1) is 5.41 Å². The maximum Gasteiger partial charge on any atom is 0.410 e. The van der Waals surface area contributed by atoms with Gasteiger partial charge in [-0.05, 0) is 62.8 Å². The van der Waals surface area contributed by atoms with Gasteiger partial charge in [-0.3, -0.25) is 0 Å². The van der Waals surface area contributed by atoms with Crippen LogP contribution < -0.4 is 0 Å². The molecule has 5 nitrogen and oxygen atoms in total. The Bertz CT molecular complexity index is 864. The van der Waals surface area contributed by atoms with Crippen molar-refractivity contribution in [3.63, 3.8) is 0 Å². The molecule has 1 saturated carbocycles. The zero-order valence-electron chi connectivity index (χ0n) is 17.1. The molecule has 1 saturated heterocycles. The molecule has 2 fully saturated rings. The average Bonchev–Trinajstić information content (AvgIpc) is 3.13. The standard InChI is InChI=1S/C22H27F2N3O2/c1-20(2,3)29-19(28)26-12-9-21(14-22(23,24)15-21)13-18(26)16-5-7-17(8-6-16)27-11-4-10-25-27/h4-8,10-11,18H,9,12-15H2,1-3H3/t18-/m1/s1. The van der Waals surface area contributed by atoms with E-state index >= 15 is 0 Å². The molecule has 29 heavy (non-hydrogen) atoms. The van der Waals surface area contributed by atoms with Crippen LogP contribution in [0.15, 0.2) is 42.7 Å². The molecule has 1 amide bonds. The SMILES string of the molecule is CC(C)(C)OC(=O)N1CCC2(C[C@@H]1c1ccc(-n3cccn3)cc1)CC(F)(F)C2. The zero-order chi connectivity index (χ0) is 20.9. The lowest BCUT2D eigenvalue weighted by Crippen LogP contribution is -2.54. The van der Waals surface area contributed by atoms with Crippen molar-refractivity contribution >= 4 is 6.09 Å². The minimum atomic E-state index is -2.58. The number of carbonyl (C=O) groups excluding carboxylic acids is 1. The Kier molecular flexibility index (Phi) is 4.67. The number of rotatable bonds is 2. The number of amides is 1. The molecular weight excluding hydrogens is 376 g/mol. The van der Waals surface area contributed by atoms with E-state index in [1.54, 1.807) is 15.8 Å². The molecule has 1 aromatic carbocycles. The molecule has 0 unspecified atom stereocenters. The van der Waals surface area contributed by atoms with E-state index in [1.807, 2.05) is 57.3 Å². The number of piperidine rings is 1. The molecule has 0 radical (unpaired) electrons. The lowest BCUT2D eigenvalue weighted by Gasteiger charge is -2.54. The number of nitrogens with zero attached hydrogens (tertiary/aromatic N) is 3. The van der Waals surface area contributed by atoms with E-state index in [1.165, 1.54) is 0 Å². The fraction of sp³-hybridized carbons (Fsp3) is 0.545. The lowest BCUT2D eigenvalue weighted by atomic mass is 9.59. The van der Waals surface area contributed by atoms with Gasteiger partial charge in [-0.2, -0.15) is 5.10 Å². The zero-order valence-corrected chi connectivity index (χ0v) is 17.1. The Labute approximate surface area is 169 Å². The summed E-state index contributed by atoms with van der Waals surface area (Å²) in [6.45, 7) is 5.92. The largest absolute Gasteiger partial charge is 0.444 e. The molecule has 1 aliphatic heterocycles. The predicted octanol–water partition coefficient (Wildman–Crippen LogP) is 5.36. The summed E-state index contributed by atoms with van der Waals surface area (Å²) in [5.74, 6) is -2.58. The molecular formula is C22H27F2N3O2. The number of aromatic nitrogens is 2. The maximum absolute atomic E-state index is 13.7. The average molecular weight is 403 g/mol. The summed E-state index contributed by atoms with van der Waals surface area (Å²) in [7, 11) is 0. The summed E-state index contributed by atoms with van der Waals surface area (Å²) in [6.07, 6.45) is 4.11. The first-order valence-corrected chi connectivity index (χ1v) is 10.0. The second-order valence-electron chi connectivity index (χ2n) is 9.40. The summed E-state index contributed by atoms with van der Waals surface area (Å²) < 4.78 is 34.7. The van der Waals surface area contributed by atoms with Crippen molar-refractivity contribution in [2.45, 2.75) is 64.0 Å². The van der Waals surface area contributed by atoms with E-state index in [-0.39, 0.29) is 25.0 Å². The lowest BCUT2D eigenvalue weighted by molar-refractivity contribution is -0.183. The third-order valence-corrected chi connectivity index (χ3v) is 5.83. The van der Waals surface area contributed by atoms with Gasteiger partial charge in [0.1, 0.15) is 5.60 Å². The number of benzene rings is 1. The van der Waals surface area contributed by atoms with E-state index < -0.39 is 16.9 Å². The highest BCUT2D eigenvalue weighted by Crippen LogP contribution is 2.60. The van der Waals surface area contributed by atoms with E-state index in [0.29, 0.717) is 19.4 Å². The summed E-state index contributed by atoms with van der Waals surface area (Å²) >= 11 is 0. The summed E-state index contributed by atoms with van der Waals surface area (Å²) in [5, 5.41) is 4.22. The highest BCUT2D eigenvalue weighted by Gasteiger charge is 2.59. The van der Waals surface area contributed by atoms with Crippen LogP contribution in [-0.2, 0) is 4.74 Å². The molecule has 1 atom stereocenters. The number of hydrogen-bond donors (Lipinski definition) is 0. The quantitative estimate of drug-likeness (QED) is 0.678. The number of carbonyl (C=O) groups is 1. The Morgan fingerprint density at radius 1 is 1.21 bits per heavy atom. The van der Waals surface area contributed by atoms with Crippen molar-refractivity contribution in [1.29, 1.82) is 0 Å². The minimum Gasteiger partial charge on any atom is -0.444 e. The molecule has 7 heteroatoms. The van der Waals surface area contributed by atoms with Crippen molar-refractivity contribution < 1.29 is 18.3 Å². The van der Waals surface area contributed by atoms with Crippen molar-refractivity contribution in [1.82, 2.24) is 14.7 Å². The Balaban J connectivity index is 1.60. The molecule has 1 aromatic heterocycles. The third kappa shape index (κ3) is 4.14. The van der Waals surface area contributed by atoms with E-state index in [0.717, 1.165) is 11.3 Å². The van der Waals surface area contributed by atoms with Crippen LogP contribution in [0.25, 0.3) is 5.69 Å².